The first-order valence-electron chi connectivity index (χ1n) is 7.24. The van der Waals surface area contributed by atoms with Crippen LogP contribution in [-0.2, 0) is 9.47 Å². The van der Waals surface area contributed by atoms with Gasteiger partial charge in [-0.2, -0.15) is 0 Å². The van der Waals surface area contributed by atoms with Crippen LogP contribution < -0.4 is 4.48 Å². The molecule has 2 heterocycles. The van der Waals surface area contributed by atoms with Gasteiger partial charge in [-0.3, -0.25) is 0 Å². The van der Waals surface area contributed by atoms with Crippen molar-refractivity contribution in [3.63, 3.8) is 0 Å². The zero-order valence-corrected chi connectivity index (χ0v) is 15.7. The minimum atomic E-state index is -0.963. The number of rotatable bonds is 7. The van der Waals surface area contributed by atoms with E-state index in [0.29, 0.717) is 16.2 Å². The van der Waals surface area contributed by atoms with Gasteiger partial charge >= 0.3 is 141 Å². The van der Waals surface area contributed by atoms with E-state index >= 15 is 0 Å². The van der Waals surface area contributed by atoms with Gasteiger partial charge in [-0.15, -0.1) is 0 Å². The van der Waals surface area contributed by atoms with E-state index in [1.165, 1.54) is 18.0 Å². The van der Waals surface area contributed by atoms with Crippen LogP contribution in [0.3, 0.4) is 0 Å². The van der Waals surface area contributed by atoms with Crippen LogP contribution in [0.4, 0.5) is 0 Å². The molecule has 6 nitrogen and oxygen atoms in total. The van der Waals surface area contributed by atoms with Crippen LogP contribution in [-0.4, -0.2) is 62.6 Å². The number of ether oxygens (including phenoxy) is 2. The molecule has 1 N–H and O–H groups in total. The van der Waals surface area contributed by atoms with E-state index < -0.39 is 21.7 Å². The number of aromatic nitrogens is 2. The number of carbonyl (C=O) groups is 1. The molecule has 3 atom stereocenters. The van der Waals surface area contributed by atoms with Gasteiger partial charge in [0.15, 0.2) is 0 Å². The Bertz CT molecular complexity index is 512. The molecule has 2 rings (SSSR count). The summed E-state index contributed by atoms with van der Waals surface area (Å²) in [5.41, 5.74) is 0.221. The molecular formula is C14H21AsN2O4S. The molecule has 1 aromatic rings. The molecule has 22 heavy (non-hydrogen) atoms. The van der Waals surface area contributed by atoms with Crippen LogP contribution in [0.2, 0.25) is 4.71 Å². The van der Waals surface area contributed by atoms with Crippen LogP contribution >= 0.6 is 11.8 Å². The van der Waals surface area contributed by atoms with Crippen molar-refractivity contribution in [2.75, 3.05) is 19.5 Å². The molecule has 8 heteroatoms. The zero-order valence-electron chi connectivity index (χ0n) is 12.7. The van der Waals surface area contributed by atoms with Crippen molar-refractivity contribution < 1.29 is 19.4 Å². The molecule has 1 aromatic heterocycles. The summed E-state index contributed by atoms with van der Waals surface area (Å²) >= 11 is 0.699. The van der Waals surface area contributed by atoms with Crippen LogP contribution in [0, 0.1) is 0 Å². The fraction of sp³-hybridized carbons (Fsp3) is 0.643. The molecular weight excluding hydrogens is 367 g/mol. The summed E-state index contributed by atoms with van der Waals surface area (Å²) in [6.07, 6.45) is 6.38. The first kappa shape index (κ1) is 17.7. The van der Waals surface area contributed by atoms with E-state index in [1.54, 1.807) is 0 Å². The molecule has 1 aliphatic heterocycles. The summed E-state index contributed by atoms with van der Waals surface area (Å²) in [5.74, 6) is -0.963. The number of nitrogens with zero attached hydrogens (tertiary/aromatic N) is 2. The zero-order chi connectivity index (χ0) is 15.9. The number of carboxylic acids is 1. The van der Waals surface area contributed by atoms with Crippen molar-refractivity contribution in [1.29, 1.82) is 0 Å². The Kier molecular flexibility index (Phi) is 7.14. The quantitative estimate of drug-likeness (QED) is 0.429. The van der Waals surface area contributed by atoms with Gasteiger partial charge in [0.25, 0.3) is 0 Å². The van der Waals surface area contributed by atoms with Crippen LogP contribution in [0.15, 0.2) is 11.4 Å². The number of aromatic carboxylic acids is 1. The van der Waals surface area contributed by atoms with Crippen LogP contribution in [0.25, 0.3) is 0 Å². The summed E-state index contributed by atoms with van der Waals surface area (Å²) in [6, 6.07) is 0. The molecule has 0 radical (unpaired) electrons. The van der Waals surface area contributed by atoms with Crippen molar-refractivity contribution >= 4 is 38.0 Å². The first-order chi connectivity index (χ1) is 10.6. The maximum absolute atomic E-state index is 11.3. The third-order valence-electron chi connectivity index (χ3n) is 3.23. The molecule has 0 aliphatic carbocycles. The summed E-state index contributed by atoms with van der Waals surface area (Å²) < 4.78 is 12.3. The van der Waals surface area contributed by atoms with Crippen molar-refractivity contribution in [3.8, 4) is 0 Å². The van der Waals surface area contributed by atoms with E-state index in [1.807, 2.05) is 6.26 Å². The van der Waals surface area contributed by atoms with E-state index in [2.05, 4.69) is 16.9 Å². The fourth-order valence-electron chi connectivity index (χ4n) is 2.10. The molecule has 0 spiro atoms. The number of hydrogen-bond acceptors (Lipinski definition) is 6. The summed E-state index contributed by atoms with van der Waals surface area (Å²) in [4.78, 5) is 19.7. The monoisotopic (exact) mass is 388 g/mol. The molecule has 2 unspecified atom stereocenters. The molecule has 0 aromatic carbocycles. The molecule has 1 fully saturated rings. The van der Waals surface area contributed by atoms with E-state index in [0.717, 1.165) is 25.9 Å². The Hall–Kier alpha value is -0.622. The van der Waals surface area contributed by atoms with E-state index in [-0.39, 0.29) is 16.6 Å². The first-order valence-corrected chi connectivity index (χ1v) is 10.7. The Morgan fingerprint density at radius 1 is 1.64 bits per heavy atom. The predicted molar refractivity (Wildman–Crippen MR) is 86.5 cm³/mol. The summed E-state index contributed by atoms with van der Waals surface area (Å²) in [7, 11) is 0. The second-order valence-corrected chi connectivity index (χ2v) is 9.54. The standard InChI is InChI=1S/C14H21AsN2O4S/c1-9(8-21-11-5-3-4-6-20-11)15-12-10(13(18)19)7-16-14(17-12)22-2/h7,9,11,15H,3-6,8H2,1-2H3,(H,18,19)/t9-,11?/m1/s1. The van der Waals surface area contributed by atoms with Gasteiger partial charge in [0, 0.05) is 0 Å². The van der Waals surface area contributed by atoms with Gasteiger partial charge < -0.3 is 0 Å². The third-order valence-corrected chi connectivity index (χ3v) is 6.55. The van der Waals surface area contributed by atoms with Gasteiger partial charge in [-0.1, -0.05) is 0 Å². The number of carboxylic acid groups (broad SMARTS) is 1. The maximum atomic E-state index is 11.3. The molecule has 1 saturated heterocycles. The molecule has 0 amide bonds. The Morgan fingerprint density at radius 3 is 3.09 bits per heavy atom. The second kappa shape index (κ2) is 8.87. The van der Waals surface area contributed by atoms with Gasteiger partial charge in [0.1, 0.15) is 0 Å². The second-order valence-electron chi connectivity index (χ2n) is 5.10. The summed E-state index contributed by atoms with van der Waals surface area (Å²) in [5, 5.41) is 9.88. The van der Waals surface area contributed by atoms with Gasteiger partial charge in [0.05, 0.1) is 0 Å². The average Bonchev–Trinajstić information content (AvgIpc) is 2.53. The Balaban J connectivity index is 1.94. The Morgan fingerprint density at radius 2 is 2.45 bits per heavy atom. The van der Waals surface area contributed by atoms with Gasteiger partial charge in [-0.05, 0) is 0 Å². The van der Waals surface area contributed by atoms with Crippen molar-refractivity contribution in [3.05, 3.63) is 11.8 Å². The molecule has 0 bridgehead atoms. The molecule has 1 aliphatic rings. The van der Waals surface area contributed by atoms with E-state index in [4.69, 9.17) is 9.47 Å². The van der Waals surface area contributed by atoms with Crippen LogP contribution in [0.1, 0.15) is 36.5 Å². The molecule has 0 saturated carbocycles. The normalized spacial score (nSPS) is 20.4. The Labute approximate surface area is 141 Å². The van der Waals surface area contributed by atoms with Crippen molar-refractivity contribution in [2.45, 2.75) is 42.3 Å². The third kappa shape index (κ3) is 5.23. The number of thioether (sulfide) groups is 1. The number of hydrogen-bond donors (Lipinski definition) is 1. The topological polar surface area (TPSA) is 81.5 Å². The SMILES string of the molecule is CSc1ncc(C(=O)O)c([AsH][C@H](C)COC2CCCCO2)n1. The van der Waals surface area contributed by atoms with Crippen molar-refractivity contribution in [2.24, 2.45) is 0 Å². The fourth-order valence-corrected chi connectivity index (χ4v) is 5.01. The minimum absolute atomic E-state index is 0.103. The predicted octanol–water partition coefficient (Wildman–Crippen LogP) is 1.31. The molecule has 122 valence electrons. The van der Waals surface area contributed by atoms with Gasteiger partial charge in [0.2, 0.25) is 0 Å². The van der Waals surface area contributed by atoms with Crippen molar-refractivity contribution in [1.82, 2.24) is 9.97 Å². The van der Waals surface area contributed by atoms with Crippen LogP contribution in [0.5, 0.6) is 0 Å². The van der Waals surface area contributed by atoms with Gasteiger partial charge in [-0.25, -0.2) is 0 Å². The average molecular weight is 388 g/mol. The summed E-state index contributed by atoms with van der Waals surface area (Å²) in [6.45, 7) is 3.43. The van der Waals surface area contributed by atoms with E-state index in [9.17, 15) is 9.90 Å².